The Bertz CT molecular complexity index is 839. The molecule has 1 aromatic heterocycles. The van der Waals surface area contributed by atoms with Crippen LogP contribution in [-0.2, 0) is 14.8 Å². The number of hydrogen-bond donors (Lipinski definition) is 1. The van der Waals surface area contributed by atoms with E-state index in [-0.39, 0.29) is 22.0 Å². The summed E-state index contributed by atoms with van der Waals surface area (Å²) in [4.78, 5) is 15.5. The SMILES string of the molecule is COC(=O)c1cc(Br)ccc1S(=O)(=O)Nc1cccnc1OC. The minimum Gasteiger partial charge on any atom is -0.480 e. The van der Waals surface area contributed by atoms with Crippen molar-refractivity contribution in [3.63, 3.8) is 0 Å². The number of methoxy groups -OCH3 is 2. The lowest BCUT2D eigenvalue weighted by atomic mass is 10.2. The van der Waals surface area contributed by atoms with Crippen LogP contribution in [0, 0.1) is 0 Å². The van der Waals surface area contributed by atoms with Gasteiger partial charge in [0.25, 0.3) is 10.0 Å². The molecule has 2 aromatic rings. The van der Waals surface area contributed by atoms with Gasteiger partial charge in [-0.1, -0.05) is 15.9 Å². The molecule has 0 atom stereocenters. The fourth-order valence-corrected chi connectivity index (χ4v) is 3.43. The predicted octanol–water partition coefficient (Wildman–Crippen LogP) is 2.44. The third-order valence-corrected chi connectivity index (χ3v) is 4.76. The lowest BCUT2D eigenvalue weighted by molar-refractivity contribution is 0.0596. The first-order valence-corrected chi connectivity index (χ1v) is 8.56. The minimum atomic E-state index is -4.04. The molecule has 1 heterocycles. The molecule has 7 nitrogen and oxygen atoms in total. The summed E-state index contributed by atoms with van der Waals surface area (Å²) in [5.74, 6) is -0.641. The van der Waals surface area contributed by atoms with Crippen LogP contribution in [0.15, 0.2) is 45.9 Å². The number of hydrogen-bond acceptors (Lipinski definition) is 6. The van der Waals surface area contributed by atoms with Gasteiger partial charge >= 0.3 is 5.97 Å². The topological polar surface area (TPSA) is 94.6 Å². The molecule has 0 amide bonds. The average molecular weight is 401 g/mol. The number of pyridine rings is 1. The number of carbonyl (C=O) groups excluding carboxylic acids is 1. The highest BCUT2D eigenvalue weighted by Crippen LogP contribution is 2.27. The number of anilines is 1. The van der Waals surface area contributed by atoms with Gasteiger partial charge < -0.3 is 9.47 Å². The molecule has 0 radical (unpaired) electrons. The first-order chi connectivity index (χ1) is 10.9. The Balaban J connectivity index is 2.50. The lowest BCUT2D eigenvalue weighted by Gasteiger charge is -2.13. The molecule has 122 valence electrons. The number of benzene rings is 1. The molecule has 1 N–H and O–H groups in total. The molecule has 0 aliphatic carbocycles. The molecule has 0 aliphatic heterocycles. The van der Waals surface area contributed by atoms with E-state index in [2.05, 4.69) is 30.4 Å². The van der Waals surface area contributed by atoms with Crippen LogP contribution in [-0.4, -0.2) is 33.6 Å². The van der Waals surface area contributed by atoms with E-state index in [1.54, 1.807) is 6.07 Å². The summed E-state index contributed by atoms with van der Waals surface area (Å²) >= 11 is 3.20. The Morgan fingerprint density at radius 2 is 2.00 bits per heavy atom. The van der Waals surface area contributed by atoms with Crippen molar-refractivity contribution < 1.29 is 22.7 Å². The van der Waals surface area contributed by atoms with E-state index in [1.807, 2.05) is 0 Å². The molecular formula is C14H13BrN2O5S. The zero-order valence-corrected chi connectivity index (χ0v) is 14.6. The van der Waals surface area contributed by atoms with Crippen molar-refractivity contribution in [3.05, 3.63) is 46.6 Å². The van der Waals surface area contributed by atoms with Gasteiger partial charge in [-0.05, 0) is 30.3 Å². The van der Waals surface area contributed by atoms with Gasteiger partial charge in [0.2, 0.25) is 5.88 Å². The van der Waals surface area contributed by atoms with Crippen molar-refractivity contribution in [2.24, 2.45) is 0 Å². The van der Waals surface area contributed by atoms with E-state index in [0.29, 0.717) is 4.47 Å². The van der Waals surface area contributed by atoms with Crippen LogP contribution < -0.4 is 9.46 Å². The number of nitrogens with zero attached hydrogens (tertiary/aromatic N) is 1. The largest absolute Gasteiger partial charge is 0.480 e. The number of aromatic nitrogens is 1. The Morgan fingerprint density at radius 3 is 2.65 bits per heavy atom. The van der Waals surface area contributed by atoms with E-state index < -0.39 is 16.0 Å². The second-order valence-corrected chi connectivity index (χ2v) is 6.86. The first-order valence-electron chi connectivity index (χ1n) is 6.28. The van der Waals surface area contributed by atoms with E-state index in [1.165, 1.54) is 44.7 Å². The zero-order chi connectivity index (χ0) is 17.0. The standard InChI is InChI=1S/C14H13BrN2O5S/c1-21-13-11(4-3-7-16-13)17-23(19,20)12-6-5-9(15)8-10(12)14(18)22-2/h3-8,17H,1-2H3. The quantitative estimate of drug-likeness (QED) is 0.774. The van der Waals surface area contributed by atoms with Crippen molar-refractivity contribution in [2.45, 2.75) is 4.90 Å². The highest BCUT2D eigenvalue weighted by Gasteiger charge is 2.24. The second kappa shape index (κ2) is 6.97. The zero-order valence-electron chi connectivity index (χ0n) is 12.2. The van der Waals surface area contributed by atoms with Crippen molar-refractivity contribution in [2.75, 3.05) is 18.9 Å². The second-order valence-electron chi connectivity index (χ2n) is 4.30. The highest BCUT2D eigenvalue weighted by atomic mass is 79.9. The van der Waals surface area contributed by atoms with Crippen LogP contribution in [0.3, 0.4) is 0 Å². The third-order valence-electron chi connectivity index (χ3n) is 2.85. The van der Waals surface area contributed by atoms with Crippen LogP contribution in [0.5, 0.6) is 5.88 Å². The van der Waals surface area contributed by atoms with Gasteiger partial charge in [-0.25, -0.2) is 18.2 Å². The van der Waals surface area contributed by atoms with Gasteiger partial charge in [0.1, 0.15) is 10.6 Å². The summed E-state index contributed by atoms with van der Waals surface area (Å²) in [7, 11) is -1.49. The summed E-state index contributed by atoms with van der Waals surface area (Å²) in [6.07, 6.45) is 1.47. The summed E-state index contributed by atoms with van der Waals surface area (Å²) < 4.78 is 37.8. The van der Waals surface area contributed by atoms with Crippen molar-refractivity contribution in [3.8, 4) is 5.88 Å². The number of rotatable bonds is 5. The number of halogens is 1. The fraction of sp³-hybridized carbons (Fsp3) is 0.143. The Labute approximate surface area is 141 Å². The van der Waals surface area contributed by atoms with E-state index >= 15 is 0 Å². The van der Waals surface area contributed by atoms with Crippen molar-refractivity contribution in [1.29, 1.82) is 0 Å². The van der Waals surface area contributed by atoms with Crippen LogP contribution >= 0.6 is 15.9 Å². The van der Waals surface area contributed by atoms with Crippen LogP contribution in [0.25, 0.3) is 0 Å². The van der Waals surface area contributed by atoms with Crippen molar-refractivity contribution in [1.82, 2.24) is 4.98 Å². The Hall–Kier alpha value is -2.13. The summed E-state index contributed by atoms with van der Waals surface area (Å²) in [5, 5.41) is 0. The van der Waals surface area contributed by atoms with Gasteiger partial charge in [0.05, 0.1) is 19.8 Å². The predicted molar refractivity (Wildman–Crippen MR) is 87.1 cm³/mol. The highest BCUT2D eigenvalue weighted by molar-refractivity contribution is 9.10. The van der Waals surface area contributed by atoms with E-state index in [0.717, 1.165) is 0 Å². The molecule has 9 heteroatoms. The summed E-state index contributed by atoms with van der Waals surface area (Å²) in [6, 6.07) is 7.26. The molecular weight excluding hydrogens is 388 g/mol. The molecule has 0 aliphatic rings. The lowest BCUT2D eigenvalue weighted by Crippen LogP contribution is -2.18. The molecule has 2 rings (SSSR count). The van der Waals surface area contributed by atoms with Crippen molar-refractivity contribution >= 4 is 37.6 Å². The van der Waals surface area contributed by atoms with Crippen LogP contribution in [0.2, 0.25) is 0 Å². The summed E-state index contributed by atoms with van der Waals surface area (Å²) in [5.41, 5.74) is 0.0750. The maximum atomic E-state index is 12.6. The minimum absolute atomic E-state index is 0.0859. The number of ether oxygens (including phenoxy) is 2. The molecule has 1 aromatic carbocycles. The van der Waals surface area contributed by atoms with E-state index in [9.17, 15) is 13.2 Å². The maximum Gasteiger partial charge on any atom is 0.339 e. The molecule has 23 heavy (non-hydrogen) atoms. The van der Waals surface area contributed by atoms with Gasteiger partial charge in [-0.3, -0.25) is 4.72 Å². The molecule has 0 fully saturated rings. The fourth-order valence-electron chi connectivity index (χ4n) is 1.84. The molecule has 0 unspecified atom stereocenters. The number of nitrogens with one attached hydrogen (secondary N) is 1. The molecule has 0 bridgehead atoms. The number of carbonyl (C=O) groups is 1. The Morgan fingerprint density at radius 1 is 1.26 bits per heavy atom. The monoisotopic (exact) mass is 400 g/mol. The van der Waals surface area contributed by atoms with Crippen LogP contribution in [0.1, 0.15) is 10.4 Å². The van der Waals surface area contributed by atoms with Gasteiger partial charge in [0, 0.05) is 10.7 Å². The third kappa shape index (κ3) is 3.80. The van der Waals surface area contributed by atoms with E-state index in [4.69, 9.17) is 4.74 Å². The number of esters is 1. The average Bonchev–Trinajstić information content (AvgIpc) is 2.53. The maximum absolute atomic E-state index is 12.6. The molecule has 0 spiro atoms. The van der Waals surface area contributed by atoms with Gasteiger partial charge in [-0.15, -0.1) is 0 Å². The molecule has 0 saturated heterocycles. The number of sulfonamides is 1. The van der Waals surface area contributed by atoms with Crippen LogP contribution in [0.4, 0.5) is 5.69 Å². The smallest absolute Gasteiger partial charge is 0.339 e. The first kappa shape index (κ1) is 17.2. The Kier molecular flexibility index (Phi) is 5.22. The summed E-state index contributed by atoms with van der Waals surface area (Å²) in [6.45, 7) is 0. The molecule has 0 saturated carbocycles. The normalized spacial score (nSPS) is 10.9. The van der Waals surface area contributed by atoms with Gasteiger partial charge in [0.15, 0.2) is 0 Å². The van der Waals surface area contributed by atoms with Gasteiger partial charge in [-0.2, -0.15) is 0 Å².